The smallest absolute Gasteiger partial charge is 0.253 e. The summed E-state index contributed by atoms with van der Waals surface area (Å²) in [4.78, 5) is 34.1. The predicted molar refractivity (Wildman–Crippen MR) is 163 cm³/mol. The summed E-state index contributed by atoms with van der Waals surface area (Å²) in [6.07, 6.45) is 7.05. The second-order valence-corrected chi connectivity index (χ2v) is 12.6. The molecular weight excluding hydrogens is 532 g/mol. The SMILES string of the molecule is CCN(c1cc(OC2CC(N3CCOCC3)C2)cc(C(=O)NCc2c(C)cc(C)[nH]c2=O)c1C)C1CC2CCC(C1)O2. The van der Waals surface area contributed by atoms with Crippen LogP contribution in [0.3, 0.4) is 0 Å². The maximum atomic E-state index is 13.7. The van der Waals surface area contributed by atoms with Gasteiger partial charge in [-0.15, -0.1) is 0 Å². The number of ether oxygens (including phenoxy) is 3. The van der Waals surface area contributed by atoms with E-state index in [0.717, 1.165) is 99.6 Å². The third-order valence-corrected chi connectivity index (χ3v) is 9.81. The first-order valence-corrected chi connectivity index (χ1v) is 15.8. The quantitative estimate of drug-likeness (QED) is 0.464. The van der Waals surface area contributed by atoms with Crippen molar-refractivity contribution in [2.45, 2.75) is 103 Å². The zero-order valence-electron chi connectivity index (χ0n) is 25.5. The highest BCUT2D eigenvalue weighted by Crippen LogP contribution is 2.40. The first kappa shape index (κ1) is 29.2. The highest BCUT2D eigenvalue weighted by molar-refractivity contribution is 5.97. The van der Waals surface area contributed by atoms with Crippen LogP contribution < -0.4 is 20.5 Å². The van der Waals surface area contributed by atoms with Gasteiger partial charge in [0.05, 0.1) is 25.4 Å². The standard InChI is InChI=1S/C33H46N4O5/c1-5-37(24-15-25-6-7-26(16-24)41-25)31-18-28(42-27-13-23(14-27)36-8-10-40-11-9-36)17-29(22(31)4)32(38)34-19-30-20(2)12-21(3)35-33(30)39/h12,17-18,23-27H,5-11,13-16,19H2,1-4H3,(H,34,38)(H,35,39). The van der Waals surface area contributed by atoms with Crippen LogP contribution in [0.4, 0.5) is 5.69 Å². The van der Waals surface area contributed by atoms with Gasteiger partial charge in [0.15, 0.2) is 0 Å². The number of benzene rings is 1. The minimum atomic E-state index is -0.193. The van der Waals surface area contributed by atoms with Crippen molar-refractivity contribution in [3.8, 4) is 5.75 Å². The summed E-state index contributed by atoms with van der Waals surface area (Å²) in [5, 5.41) is 3.03. The van der Waals surface area contributed by atoms with Gasteiger partial charge in [0.2, 0.25) is 0 Å². The number of hydrogen-bond donors (Lipinski definition) is 2. The van der Waals surface area contributed by atoms with Crippen LogP contribution in [0.15, 0.2) is 23.0 Å². The summed E-state index contributed by atoms with van der Waals surface area (Å²) < 4.78 is 18.2. The lowest BCUT2D eigenvalue weighted by Gasteiger charge is -2.44. The highest BCUT2D eigenvalue weighted by atomic mass is 16.5. The molecule has 0 radical (unpaired) electrons. The van der Waals surface area contributed by atoms with E-state index in [4.69, 9.17) is 14.2 Å². The number of carbonyl (C=O) groups is 1. The van der Waals surface area contributed by atoms with Crippen molar-refractivity contribution in [3.63, 3.8) is 0 Å². The molecule has 1 amide bonds. The van der Waals surface area contributed by atoms with Crippen LogP contribution >= 0.6 is 0 Å². The molecular formula is C33H46N4O5. The van der Waals surface area contributed by atoms with E-state index in [1.165, 1.54) is 0 Å². The number of aromatic nitrogens is 1. The van der Waals surface area contributed by atoms with Crippen LogP contribution in [0.5, 0.6) is 5.75 Å². The Bertz CT molecular complexity index is 1330. The zero-order valence-corrected chi connectivity index (χ0v) is 25.5. The van der Waals surface area contributed by atoms with Gasteiger partial charge < -0.3 is 29.4 Å². The minimum Gasteiger partial charge on any atom is -0.490 e. The molecule has 1 aliphatic carbocycles. The number of carbonyl (C=O) groups excluding carboxylic acids is 1. The minimum absolute atomic E-state index is 0.132. The molecule has 2 aromatic rings. The molecule has 3 aliphatic heterocycles. The second-order valence-electron chi connectivity index (χ2n) is 12.6. The maximum Gasteiger partial charge on any atom is 0.253 e. The Kier molecular flexibility index (Phi) is 8.61. The van der Waals surface area contributed by atoms with Crippen molar-refractivity contribution in [3.05, 3.63) is 56.5 Å². The summed E-state index contributed by atoms with van der Waals surface area (Å²) in [5.41, 5.74) is 4.70. The Morgan fingerprint density at radius 2 is 1.79 bits per heavy atom. The van der Waals surface area contributed by atoms with Crippen molar-refractivity contribution in [1.82, 2.24) is 15.2 Å². The van der Waals surface area contributed by atoms with Crippen molar-refractivity contribution >= 4 is 11.6 Å². The second kappa shape index (κ2) is 12.4. The van der Waals surface area contributed by atoms with Crippen LogP contribution in [-0.2, 0) is 16.0 Å². The predicted octanol–water partition coefficient (Wildman–Crippen LogP) is 4.01. The molecule has 42 heavy (non-hydrogen) atoms. The number of H-pyrrole nitrogens is 1. The Hall–Kier alpha value is -2.88. The fourth-order valence-electron chi connectivity index (χ4n) is 7.42. The van der Waals surface area contributed by atoms with Gasteiger partial charge in [0.1, 0.15) is 11.9 Å². The van der Waals surface area contributed by atoms with Gasteiger partial charge in [-0.1, -0.05) is 0 Å². The molecule has 6 rings (SSSR count). The van der Waals surface area contributed by atoms with Crippen molar-refractivity contribution in [2.24, 2.45) is 0 Å². The summed E-state index contributed by atoms with van der Waals surface area (Å²) in [5.74, 6) is 0.547. The summed E-state index contributed by atoms with van der Waals surface area (Å²) in [6.45, 7) is 12.6. The Balaban J connectivity index is 1.24. The molecule has 2 atom stereocenters. The van der Waals surface area contributed by atoms with Crippen molar-refractivity contribution in [2.75, 3.05) is 37.7 Å². The molecule has 9 nitrogen and oxygen atoms in total. The van der Waals surface area contributed by atoms with Crippen molar-refractivity contribution < 1.29 is 19.0 Å². The number of aryl methyl sites for hydroxylation is 2. The molecule has 3 saturated heterocycles. The first-order valence-electron chi connectivity index (χ1n) is 15.8. The van der Waals surface area contributed by atoms with Gasteiger partial charge >= 0.3 is 0 Å². The lowest BCUT2D eigenvalue weighted by Crippen LogP contribution is -2.52. The lowest BCUT2D eigenvalue weighted by molar-refractivity contribution is -0.0373. The van der Waals surface area contributed by atoms with E-state index in [0.29, 0.717) is 35.4 Å². The molecule has 4 aliphatic rings. The van der Waals surface area contributed by atoms with E-state index in [1.807, 2.05) is 32.9 Å². The van der Waals surface area contributed by atoms with Crippen LogP contribution in [0, 0.1) is 20.8 Å². The molecule has 1 aromatic heterocycles. The van der Waals surface area contributed by atoms with E-state index in [2.05, 4.69) is 33.1 Å². The van der Waals surface area contributed by atoms with E-state index in [1.54, 1.807) is 0 Å². The Labute approximate surface area is 248 Å². The highest BCUT2D eigenvalue weighted by Gasteiger charge is 2.39. The van der Waals surface area contributed by atoms with Gasteiger partial charge in [-0.2, -0.15) is 0 Å². The number of rotatable bonds is 9. The van der Waals surface area contributed by atoms with Crippen LogP contribution in [0.25, 0.3) is 0 Å². The zero-order chi connectivity index (χ0) is 29.4. The monoisotopic (exact) mass is 578 g/mol. The molecule has 2 bridgehead atoms. The topological polar surface area (TPSA) is 96.1 Å². The molecule has 1 aromatic carbocycles. The average Bonchev–Trinajstić information content (AvgIpc) is 3.29. The number of hydrogen-bond acceptors (Lipinski definition) is 7. The molecule has 2 N–H and O–H groups in total. The fraction of sp³-hybridized carbons (Fsp3) is 0.636. The molecule has 1 saturated carbocycles. The van der Waals surface area contributed by atoms with Gasteiger partial charge in [-0.25, -0.2) is 0 Å². The lowest BCUT2D eigenvalue weighted by atomic mass is 9.87. The third kappa shape index (κ3) is 6.10. The number of pyridine rings is 1. The summed E-state index contributed by atoms with van der Waals surface area (Å²) >= 11 is 0. The molecule has 4 fully saturated rings. The molecule has 0 spiro atoms. The maximum absolute atomic E-state index is 13.7. The van der Waals surface area contributed by atoms with Gasteiger partial charge in [0.25, 0.3) is 11.5 Å². The largest absolute Gasteiger partial charge is 0.490 e. The van der Waals surface area contributed by atoms with E-state index in [-0.39, 0.29) is 24.1 Å². The fourth-order valence-corrected chi connectivity index (χ4v) is 7.42. The van der Waals surface area contributed by atoms with Crippen LogP contribution in [0.1, 0.15) is 78.2 Å². The number of aromatic amines is 1. The average molecular weight is 579 g/mol. The number of fused-ring (bicyclic) bond motifs is 2. The van der Waals surface area contributed by atoms with E-state index in [9.17, 15) is 9.59 Å². The Morgan fingerprint density at radius 3 is 2.45 bits per heavy atom. The molecule has 9 heteroatoms. The number of morpholine rings is 1. The van der Waals surface area contributed by atoms with Gasteiger partial charge in [0, 0.05) is 79.7 Å². The molecule has 2 unspecified atom stereocenters. The van der Waals surface area contributed by atoms with Crippen molar-refractivity contribution in [1.29, 1.82) is 0 Å². The van der Waals surface area contributed by atoms with E-state index >= 15 is 0 Å². The number of nitrogens with one attached hydrogen (secondary N) is 2. The number of anilines is 1. The summed E-state index contributed by atoms with van der Waals surface area (Å²) in [6, 6.07) is 6.87. The molecule has 4 heterocycles. The Morgan fingerprint density at radius 1 is 1.07 bits per heavy atom. The number of amides is 1. The number of nitrogens with zero attached hydrogens (tertiary/aromatic N) is 2. The van der Waals surface area contributed by atoms with Crippen LogP contribution in [0.2, 0.25) is 0 Å². The van der Waals surface area contributed by atoms with Gasteiger partial charge in [-0.05, 0) is 76.6 Å². The first-order chi connectivity index (χ1) is 20.3. The normalized spacial score (nSPS) is 27.4. The summed E-state index contributed by atoms with van der Waals surface area (Å²) in [7, 11) is 0. The van der Waals surface area contributed by atoms with Crippen LogP contribution in [-0.4, -0.2) is 79.0 Å². The van der Waals surface area contributed by atoms with Gasteiger partial charge in [-0.3, -0.25) is 14.5 Å². The molecule has 228 valence electrons. The third-order valence-electron chi connectivity index (χ3n) is 9.81. The van der Waals surface area contributed by atoms with E-state index < -0.39 is 0 Å².